The average molecular weight is 223 g/mol. The Balaban J connectivity index is 4.36. The molecular weight excluding hydrogens is 206 g/mol. The van der Waals surface area contributed by atoms with Gasteiger partial charge in [-0.05, 0) is 5.92 Å². The van der Waals surface area contributed by atoms with Crippen LogP contribution in [0.2, 0.25) is 0 Å². The van der Waals surface area contributed by atoms with Gasteiger partial charge in [-0.2, -0.15) is 0 Å². The van der Waals surface area contributed by atoms with Crippen LogP contribution in [0.1, 0.15) is 20.3 Å². The van der Waals surface area contributed by atoms with E-state index < -0.39 is 21.7 Å². The molecule has 84 valence electrons. The van der Waals surface area contributed by atoms with Crippen molar-refractivity contribution in [1.29, 1.82) is 0 Å². The summed E-state index contributed by atoms with van der Waals surface area (Å²) >= 11 is 0. The van der Waals surface area contributed by atoms with Gasteiger partial charge in [0.2, 0.25) is 10.0 Å². The summed E-state index contributed by atoms with van der Waals surface area (Å²) in [5.74, 6) is -1.91. The molecule has 0 fully saturated rings. The first-order chi connectivity index (χ1) is 6.29. The number of hydrogen-bond acceptors (Lipinski definition) is 3. The molecule has 5 nitrogen and oxygen atoms in total. The molecule has 0 aromatic rings. The highest BCUT2D eigenvalue weighted by Crippen LogP contribution is 2.06. The van der Waals surface area contributed by atoms with Crippen LogP contribution in [0.5, 0.6) is 0 Å². The fourth-order valence-corrected chi connectivity index (χ4v) is 1.96. The molecule has 14 heavy (non-hydrogen) atoms. The summed E-state index contributed by atoms with van der Waals surface area (Å²) in [6, 6.07) is 0. The Kier molecular flexibility index (Phi) is 5.07. The standard InChI is InChI=1S/C8H17NO4S/c1-4-7(2)5-9(3)14(12,13)6-8(10)11/h7H,4-6H2,1-3H3,(H,10,11). The van der Waals surface area contributed by atoms with Crippen LogP contribution in [-0.4, -0.2) is 43.1 Å². The van der Waals surface area contributed by atoms with Crippen molar-refractivity contribution < 1.29 is 18.3 Å². The Bertz CT molecular complexity index is 286. The number of rotatable bonds is 6. The lowest BCUT2D eigenvalue weighted by Crippen LogP contribution is -2.35. The summed E-state index contributed by atoms with van der Waals surface area (Å²) in [4.78, 5) is 10.3. The number of nitrogens with zero attached hydrogens (tertiary/aromatic N) is 1. The van der Waals surface area contributed by atoms with Gasteiger partial charge in [-0.15, -0.1) is 0 Å². The minimum absolute atomic E-state index is 0.239. The molecule has 0 spiro atoms. The third kappa shape index (κ3) is 4.57. The Labute approximate surface area is 84.8 Å². The van der Waals surface area contributed by atoms with Crippen LogP contribution in [0.25, 0.3) is 0 Å². The van der Waals surface area contributed by atoms with Gasteiger partial charge in [0, 0.05) is 13.6 Å². The van der Waals surface area contributed by atoms with E-state index in [1.165, 1.54) is 7.05 Å². The van der Waals surface area contributed by atoms with Crippen LogP contribution >= 0.6 is 0 Å². The minimum Gasteiger partial charge on any atom is -0.480 e. The van der Waals surface area contributed by atoms with Crippen molar-refractivity contribution >= 4 is 16.0 Å². The summed E-state index contributed by atoms with van der Waals surface area (Å²) in [7, 11) is -2.22. The lowest BCUT2D eigenvalue weighted by molar-refractivity contribution is -0.134. The molecule has 0 bridgehead atoms. The fourth-order valence-electron chi connectivity index (χ4n) is 0.948. The number of carbonyl (C=O) groups is 1. The van der Waals surface area contributed by atoms with Crippen LogP contribution < -0.4 is 0 Å². The molecule has 0 aliphatic heterocycles. The highest BCUT2D eigenvalue weighted by molar-refractivity contribution is 7.89. The zero-order valence-electron chi connectivity index (χ0n) is 8.73. The SMILES string of the molecule is CCC(C)CN(C)S(=O)(=O)CC(=O)O. The molecule has 0 amide bonds. The molecule has 1 N–H and O–H groups in total. The molecule has 0 radical (unpaired) electrons. The van der Waals surface area contributed by atoms with Gasteiger partial charge in [-0.3, -0.25) is 4.79 Å². The highest BCUT2D eigenvalue weighted by Gasteiger charge is 2.22. The number of sulfonamides is 1. The second kappa shape index (κ2) is 5.31. The van der Waals surface area contributed by atoms with E-state index in [0.29, 0.717) is 6.54 Å². The molecule has 0 heterocycles. The van der Waals surface area contributed by atoms with Crippen LogP contribution in [0.3, 0.4) is 0 Å². The molecule has 1 unspecified atom stereocenters. The van der Waals surface area contributed by atoms with Gasteiger partial charge in [0.15, 0.2) is 5.75 Å². The number of carboxylic acid groups (broad SMARTS) is 1. The summed E-state index contributed by atoms with van der Waals surface area (Å²) in [6.07, 6.45) is 0.868. The van der Waals surface area contributed by atoms with Gasteiger partial charge < -0.3 is 5.11 Å². The van der Waals surface area contributed by atoms with E-state index in [1.807, 2.05) is 13.8 Å². The van der Waals surface area contributed by atoms with Crippen molar-refractivity contribution in [2.75, 3.05) is 19.3 Å². The van der Waals surface area contributed by atoms with Gasteiger partial charge in [-0.1, -0.05) is 20.3 Å². The van der Waals surface area contributed by atoms with E-state index >= 15 is 0 Å². The van der Waals surface area contributed by atoms with E-state index in [9.17, 15) is 13.2 Å². The Morgan fingerprint density at radius 3 is 2.36 bits per heavy atom. The van der Waals surface area contributed by atoms with Gasteiger partial charge in [-0.25, -0.2) is 12.7 Å². The zero-order valence-corrected chi connectivity index (χ0v) is 9.54. The average Bonchev–Trinajstić information content (AvgIpc) is 2.01. The second-order valence-electron chi connectivity index (χ2n) is 3.44. The van der Waals surface area contributed by atoms with E-state index in [0.717, 1.165) is 10.7 Å². The third-order valence-corrected chi connectivity index (χ3v) is 3.76. The van der Waals surface area contributed by atoms with Crippen molar-refractivity contribution in [3.8, 4) is 0 Å². The maximum atomic E-state index is 11.3. The maximum Gasteiger partial charge on any atom is 0.320 e. The van der Waals surface area contributed by atoms with E-state index in [-0.39, 0.29) is 5.92 Å². The van der Waals surface area contributed by atoms with Crippen molar-refractivity contribution in [3.63, 3.8) is 0 Å². The topological polar surface area (TPSA) is 74.7 Å². The Morgan fingerprint density at radius 1 is 1.50 bits per heavy atom. The van der Waals surface area contributed by atoms with E-state index in [4.69, 9.17) is 5.11 Å². The van der Waals surface area contributed by atoms with Gasteiger partial charge in [0.05, 0.1) is 0 Å². The lowest BCUT2D eigenvalue weighted by atomic mass is 10.1. The minimum atomic E-state index is -3.63. The number of aliphatic carboxylic acids is 1. The molecule has 0 aromatic carbocycles. The third-order valence-electron chi connectivity index (χ3n) is 2.05. The van der Waals surface area contributed by atoms with E-state index in [1.54, 1.807) is 0 Å². The quantitative estimate of drug-likeness (QED) is 0.706. The van der Waals surface area contributed by atoms with Crippen molar-refractivity contribution in [1.82, 2.24) is 4.31 Å². The first-order valence-electron chi connectivity index (χ1n) is 4.45. The monoisotopic (exact) mass is 223 g/mol. The van der Waals surface area contributed by atoms with Crippen LogP contribution in [0, 0.1) is 5.92 Å². The normalized spacial score (nSPS) is 14.3. The van der Waals surface area contributed by atoms with Crippen LogP contribution in [-0.2, 0) is 14.8 Å². The maximum absolute atomic E-state index is 11.3. The van der Waals surface area contributed by atoms with Gasteiger partial charge >= 0.3 is 5.97 Å². The summed E-state index contributed by atoms with van der Waals surface area (Å²) in [5.41, 5.74) is 0. The van der Waals surface area contributed by atoms with E-state index in [2.05, 4.69) is 0 Å². The second-order valence-corrected chi connectivity index (χ2v) is 5.52. The molecular formula is C8H17NO4S. The summed E-state index contributed by atoms with van der Waals surface area (Å²) < 4.78 is 23.8. The van der Waals surface area contributed by atoms with Gasteiger partial charge in [0.1, 0.15) is 0 Å². The molecule has 0 aliphatic rings. The molecule has 0 rings (SSSR count). The van der Waals surface area contributed by atoms with Crippen molar-refractivity contribution in [3.05, 3.63) is 0 Å². The number of hydrogen-bond donors (Lipinski definition) is 1. The largest absolute Gasteiger partial charge is 0.480 e. The van der Waals surface area contributed by atoms with Crippen LogP contribution in [0.4, 0.5) is 0 Å². The molecule has 6 heteroatoms. The lowest BCUT2D eigenvalue weighted by Gasteiger charge is -2.19. The molecule has 1 atom stereocenters. The molecule has 0 aromatic heterocycles. The van der Waals surface area contributed by atoms with Crippen LogP contribution in [0.15, 0.2) is 0 Å². The Hall–Kier alpha value is -0.620. The van der Waals surface area contributed by atoms with Gasteiger partial charge in [0.25, 0.3) is 0 Å². The molecule has 0 saturated carbocycles. The molecule has 0 aliphatic carbocycles. The summed E-state index contributed by atoms with van der Waals surface area (Å²) in [6.45, 7) is 4.25. The van der Waals surface area contributed by atoms with Crippen molar-refractivity contribution in [2.45, 2.75) is 20.3 Å². The number of carboxylic acids is 1. The summed E-state index contributed by atoms with van der Waals surface area (Å²) in [5, 5.41) is 8.38. The Morgan fingerprint density at radius 2 is 2.00 bits per heavy atom. The predicted molar refractivity (Wildman–Crippen MR) is 53.5 cm³/mol. The zero-order chi connectivity index (χ0) is 11.4. The predicted octanol–water partition coefficient (Wildman–Crippen LogP) is 0.379. The molecule has 0 saturated heterocycles. The highest BCUT2D eigenvalue weighted by atomic mass is 32.2. The first kappa shape index (κ1) is 13.4. The van der Waals surface area contributed by atoms with Crippen molar-refractivity contribution in [2.24, 2.45) is 5.92 Å². The fraction of sp³-hybridized carbons (Fsp3) is 0.875. The smallest absolute Gasteiger partial charge is 0.320 e. The first-order valence-corrected chi connectivity index (χ1v) is 6.06.